The Kier molecular flexibility index (Phi) is 6.78. The predicted octanol–water partition coefficient (Wildman–Crippen LogP) is 5.82. The van der Waals surface area contributed by atoms with E-state index in [0.717, 1.165) is 35.4 Å². The smallest absolute Gasteiger partial charge is 0.157 e. The molecule has 1 aliphatic heterocycles. The first-order valence-electron chi connectivity index (χ1n) is 13.7. The molecule has 5 aromatic rings. The highest BCUT2D eigenvalue weighted by molar-refractivity contribution is 6.08. The molecule has 214 valence electrons. The molecule has 0 aliphatic carbocycles. The fourth-order valence-corrected chi connectivity index (χ4v) is 6.33. The molecule has 8 nitrogen and oxygen atoms in total. The van der Waals surface area contributed by atoms with Gasteiger partial charge in [0.15, 0.2) is 5.82 Å². The second-order valence-electron chi connectivity index (χ2n) is 11.3. The summed E-state index contributed by atoms with van der Waals surface area (Å²) in [5.41, 5.74) is 3.32. The van der Waals surface area contributed by atoms with Gasteiger partial charge in [-0.15, -0.1) is 5.10 Å². The predicted molar refractivity (Wildman–Crippen MR) is 152 cm³/mol. The van der Waals surface area contributed by atoms with Crippen LogP contribution in [0.25, 0.3) is 33.2 Å². The molecule has 2 aromatic carbocycles. The van der Waals surface area contributed by atoms with Crippen LogP contribution in [0.4, 0.5) is 8.78 Å². The van der Waals surface area contributed by atoms with E-state index in [-0.39, 0.29) is 29.1 Å². The molecule has 6 rings (SSSR count). The van der Waals surface area contributed by atoms with E-state index in [4.69, 9.17) is 14.5 Å². The standard InChI is InChI=1S/C31H33F2N5O3/c1-17-28(37(4)36-35-17)20-14-23-27(34-16-20)22-15-24(40-5)25(31(2,3)39)26(33)30(22)38(23)29(19-10-12-41-13-11-19)18-6-8-21(32)9-7-18/h6-9,14-16,19,29,39H,10-13H2,1-5H3/t29-/m1/s1. The lowest BCUT2D eigenvalue weighted by Gasteiger charge is -2.33. The second-order valence-corrected chi connectivity index (χ2v) is 11.3. The molecule has 0 bridgehead atoms. The van der Waals surface area contributed by atoms with Gasteiger partial charge in [-0.05, 0) is 69.4 Å². The molecule has 4 heterocycles. The first-order valence-corrected chi connectivity index (χ1v) is 13.7. The number of methoxy groups -OCH3 is 1. The Balaban J connectivity index is 1.76. The van der Waals surface area contributed by atoms with Crippen molar-refractivity contribution in [3.8, 4) is 17.0 Å². The van der Waals surface area contributed by atoms with Crippen LogP contribution in [-0.4, -0.2) is 50.0 Å². The lowest BCUT2D eigenvalue weighted by Crippen LogP contribution is -2.27. The normalized spacial score (nSPS) is 15.6. The van der Waals surface area contributed by atoms with Gasteiger partial charge < -0.3 is 19.1 Å². The Bertz CT molecular complexity index is 1730. The van der Waals surface area contributed by atoms with Gasteiger partial charge in [0, 0.05) is 37.4 Å². The number of aryl methyl sites for hydroxylation is 2. The number of benzene rings is 2. The molecule has 0 spiro atoms. The largest absolute Gasteiger partial charge is 0.496 e. The van der Waals surface area contributed by atoms with Crippen LogP contribution in [0.3, 0.4) is 0 Å². The summed E-state index contributed by atoms with van der Waals surface area (Å²) in [6.45, 7) is 6.11. The van der Waals surface area contributed by atoms with E-state index in [9.17, 15) is 9.50 Å². The molecular formula is C31H33F2N5O3. The Morgan fingerprint density at radius 1 is 1.12 bits per heavy atom. The van der Waals surface area contributed by atoms with Crippen molar-refractivity contribution in [1.82, 2.24) is 24.5 Å². The molecule has 0 saturated carbocycles. The molecular weight excluding hydrogens is 528 g/mol. The van der Waals surface area contributed by atoms with Crippen LogP contribution in [0.5, 0.6) is 5.75 Å². The van der Waals surface area contributed by atoms with Crippen molar-refractivity contribution in [1.29, 1.82) is 0 Å². The third-order valence-electron chi connectivity index (χ3n) is 8.13. The SMILES string of the molecule is COc1cc2c3ncc(-c4c(C)nnn4C)cc3n([C@H](c3ccc(F)cc3)C3CCOCC3)c2c(F)c1C(C)(C)O. The topological polar surface area (TPSA) is 87.2 Å². The Morgan fingerprint density at radius 2 is 1.83 bits per heavy atom. The summed E-state index contributed by atoms with van der Waals surface area (Å²) in [7, 11) is 3.28. The van der Waals surface area contributed by atoms with E-state index in [1.807, 2.05) is 24.6 Å². The second kappa shape index (κ2) is 10.2. The molecule has 1 N–H and O–H groups in total. The number of halogens is 2. The summed E-state index contributed by atoms with van der Waals surface area (Å²) >= 11 is 0. The zero-order valence-corrected chi connectivity index (χ0v) is 23.8. The van der Waals surface area contributed by atoms with Gasteiger partial charge in [-0.3, -0.25) is 4.98 Å². The van der Waals surface area contributed by atoms with Gasteiger partial charge in [0.25, 0.3) is 0 Å². The third-order valence-corrected chi connectivity index (χ3v) is 8.13. The van der Waals surface area contributed by atoms with Crippen molar-refractivity contribution in [2.75, 3.05) is 20.3 Å². The summed E-state index contributed by atoms with van der Waals surface area (Å²) in [5, 5.41) is 20.0. The van der Waals surface area contributed by atoms with Gasteiger partial charge in [-0.2, -0.15) is 0 Å². The lowest BCUT2D eigenvalue weighted by molar-refractivity contribution is 0.0551. The highest BCUT2D eigenvalue weighted by atomic mass is 19.1. The van der Waals surface area contributed by atoms with Crippen molar-refractivity contribution in [2.24, 2.45) is 13.0 Å². The first-order chi connectivity index (χ1) is 19.6. The quantitative estimate of drug-likeness (QED) is 0.281. The number of hydrogen-bond acceptors (Lipinski definition) is 6. The van der Waals surface area contributed by atoms with Crippen LogP contribution in [0.1, 0.15) is 49.6 Å². The van der Waals surface area contributed by atoms with Crippen molar-refractivity contribution in [3.05, 3.63) is 71.1 Å². The highest BCUT2D eigenvalue weighted by Crippen LogP contribution is 2.45. The summed E-state index contributed by atoms with van der Waals surface area (Å²) in [4.78, 5) is 4.85. The van der Waals surface area contributed by atoms with E-state index < -0.39 is 11.4 Å². The maximum absolute atomic E-state index is 16.9. The lowest BCUT2D eigenvalue weighted by atomic mass is 9.86. The molecule has 10 heteroatoms. The van der Waals surface area contributed by atoms with E-state index in [0.29, 0.717) is 35.2 Å². The monoisotopic (exact) mass is 561 g/mol. The van der Waals surface area contributed by atoms with E-state index >= 15 is 4.39 Å². The maximum Gasteiger partial charge on any atom is 0.157 e. The van der Waals surface area contributed by atoms with Crippen LogP contribution < -0.4 is 4.74 Å². The summed E-state index contributed by atoms with van der Waals surface area (Å²) in [6.07, 6.45) is 3.24. The summed E-state index contributed by atoms with van der Waals surface area (Å²) < 4.78 is 46.0. The zero-order valence-electron chi connectivity index (χ0n) is 23.8. The average Bonchev–Trinajstić information content (AvgIpc) is 3.45. The number of rotatable bonds is 6. The Hall–Kier alpha value is -3.89. The number of aliphatic hydroxyl groups is 1. The number of hydrogen-bond donors (Lipinski definition) is 1. The summed E-state index contributed by atoms with van der Waals surface area (Å²) in [5.74, 6) is -0.610. The van der Waals surface area contributed by atoms with Gasteiger partial charge in [0.1, 0.15) is 11.6 Å². The molecule has 1 fully saturated rings. The first kappa shape index (κ1) is 27.3. The average molecular weight is 562 g/mol. The zero-order chi connectivity index (χ0) is 29.1. The fourth-order valence-electron chi connectivity index (χ4n) is 6.33. The maximum atomic E-state index is 16.9. The van der Waals surface area contributed by atoms with Gasteiger partial charge in [0.05, 0.1) is 52.3 Å². The summed E-state index contributed by atoms with van der Waals surface area (Å²) in [6, 6.07) is 9.77. The van der Waals surface area contributed by atoms with Crippen molar-refractivity contribution in [2.45, 2.75) is 45.3 Å². The van der Waals surface area contributed by atoms with Crippen molar-refractivity contribution < 1.29 is 23.4 Å². The van der Waals surface area contributed by atoms with Crippen molar-refractivity contribution in [3.63, 3.8) is 0 Å². The van der Waals surface area contributed by atoms with Gasteiger partial charge >= 0.3 is 0 Å². The highest BCUT2D eigenvalue weighted by Gasteiger charge is 2.35. The number of aromatic nitrogens is 5. The van der Waals surface area contributed by atoms with Crippen LogP contribution in [0, 0.1) is 24.5 Å². The van der Waals surface area contributed by atoms with Crippen LogP contribution in [0.15, 0.2) is 42.6 Å². The van der Waals surface area contributed by atoms with E-state index in [1.54, 1.807) is 29.1 Å². The third kappa shape index (κ3) is 4.55. The molecule has 3 aromatic heterocycles. The van der Waals surface area contributed by atoms with Gasteiger partial charge in [0.2, 0.25) is 0 Å². The molecule has 0 radical (unpaired) electrons. The molecule has 0 unspecified atom stereocenters. The van der Waals surface area contributed by atoms with Crippen molar-refractivity contribution >= 4 is 21.9 Å². The van der Waals surface area contributed by atoms with E-state index in [1.165, 1.54) is 33.1 Å². The van der Waals surface area contributed by atoms with Crippen LogP contribution in [-0.2, 0) is 17.4 Å². The van der Waals surface area contributed by atoms with Gasteiger partial charge in [-0.25, -0.2) is 13.5 Å². The van der Waals surface area contributed by atoms with Crippen LogP contribution in [0.2, 0.25) is 0 Å². The molecule has 1 saturated heterocycles. The minimum atomic E-state index is -1.52. The Morgan fingerprint density at radius 3 is 2.44 bits per heavy atom. The van der Waals surface area contributed by atoms with Crippen LogP contribution >= 0.6 is 0 Å². The van der Waals surface area contributed by atoms with E-state index in [2.05, 4.69) is 10.3 Å². The number of fused-ring (bicyclic) bond motifs is 3. The molecule has 1 aliphatic rings. The number of ether oxygens (including phenoxy) is 2. The number of nitrogens with zero attached hydrogens (tertiary/aromatic N) is 5. The molecule has 41 heavy (non-hydrogen) atoms. The minimum absolute atomic E-state index is 0.0632. The molecule has 1 atom stereocenters. The van der Waals surface area contributed by atoms with Gasteiger partial charge in [-0.1, -0.05) is 17.3 Å². The fraction of sp³-hybridized carbons (Fsp3) is 0.387. The Labute approximate surface area is 236 Å². The number of pyridine rings is 1. The minimum Gasteiger partial charge on any atom is -0.496 e. The molecule has 0 amide bonds.